The van der Waals surface area contributed by atoms with Gasteiger partial charge in [0.2, 0.25) is 0 Å². The van der Waals surface area contributed by atoms with E-state index in [0.717, 1.165) is 13.1 Å². The van der Waals surface area contributed by atoms with Crippen molar-refractivity contribution in [1.82, 2.24) is 9.88 Å². The Morgan fingerprint density at radius 3 is 2.63 bits per heavy atom. The predicted octanol–water partition coefficient (Wildman–Crippen LogP) is 1.80. The molecule has 1 unspecified atom stereocenters. The Hall–Kier alpha value is -1.33. The van der Waals surface area contributed by atoms with Crippen molar-refractivity contribution in [3.05, 3.63) is 22.8 Å². The molecule has 1 aromatic rings. The molecule has 106 valence electrons. The van der Waals surface area contributed by atoms with E-state index in [2.05, 4.69) is 28.6 Å². The van der Waals surface area contributed by atoms with Gasteiger partial charge in [0.05, 0.1) is 5.02 Å². The standard InChI is InChI=1S/C13H22ClN5/c1-5-19(9(2)8-18(3)4)13-11(14)10(12(15)16)6-7-17-13/h6-7,9H,5,8H2,1-4H3,(H3,15,16). The van der Waals surface area contributed by atoms with Gasteiger partial charge in [-0.15, -0.1) is 0 Å². The summed E-state index contributed by atoms with van der Waals surface area (Å²) in [6, 6.07) is 1.94. The van der Waals surface area contributed by atoms with Gasteiger partial charge in [-0.05, 0) is 34.0 Å². The maximum atomic E-state index is 7.53. The minimum Gasteiger partial charge on any atom is -0.384 e. The molecular weight excluding hydrogens is 262 g/mol. The van der Waals surface area contributed by atoms with Crippen molar-refractivity contribution in [2.45, 2.75) is 19.9 Å². The van der Waals surface area contributed by atoms with Gasteiger partial charge in [0.1, 0.15) is 11.7 Å². The Labute approximate surface area is 119 Å². The van der Waals surface area contributed by atoms with E-state index in [1.165, 1.54) is 0 Å². The third-order valence-electron chi connectivity index (χ3n) is 2.94. The Morgan fingerprint density at radius 1 is 1.53 bits per heavy atom. The normalized spacial score (nSPS) is 12.5. The minimum absolute atomic E-state index is 0.0371. The van der Waals surface area contributed by atoms with Crippen molar-refractivity contribution in [2.75, 3.05) is 32.1 Å². The van der Waals surface area contributed by atoms with Crippen LogP contribution in [0.1, 0.15) is 19.4 Å². The fraction of sp³-hybridized carbons (Fsp3) is 0.538. The van der Waals surface area contributed by atoms with Crippen molar-refractivity contribution in [2.24, 2.45) is 5.73 Å². The zero-order valence-electron chi connectivity index (χ0n) is 11.9. The number of hydrogen-bond acceptors (Lipinski definition) is 4. The molecule has 1 aromatic heterocycles. The van der Waals surface area contributed by atoms with Crippen LogP contribution < -0.4 is 10.6 Å². The average Bonchev–Trinajstić information content (AvgIpc) is 2.30. The summed E-state index contributed by atoms with van der Waals surface area (Å²) in [4.78, 5) is 8.59. The summed E-state index contributed by atoms with van der Waals surface area (Å²) in [7, 11) is 4.07. The van der Waals surface area contributed by atoms with Gasteiger partial charge in [-0.25, -0.2) is 4.98 Å². The van der Waals surface area contributed by atoms with Crippen LogP contribution in [0.25, 0.3) is 0 Å². The van der Waals surface area contributed by atoms with Gasteiger partial charge in [0.15, 0.2) is 0 Å². The Bertz CT molecular complexity index is 447. The van der Waals surface area contributed by atoms with Gasteiger partial charge in [0.25, 0.3) is 0 Å². The summed E-state index contributed by atoms with van der Waals surface area (Å²) >= 11 is 6.32. The molecule has 0 saturated carbocycles. The molecule has 3 N–H and O–H groups in total. The summed E-state index contributed by atoms with van der Waals surface area (Å²) in [5.41, 5.74) is 6.06. The number of aromatic nitrogens is 1. The Balaban J connectivity index is 3.11. The molecule has 0 radical (unpaired) electrons. The molecule has 0 bridgehead atoms. The van der Waals surface area contributed by atoms with Crippen LogP contribution in [-0.4, -0.2) is 48.9 Å². The second-order valence-electron chi connectivity index (χ2n) is 4.81. The number of nitrogens with one attached hydrogen (secondary N) is 1. The van der Waals surface area contributed by atoms with Gasteiger partial charge in [0, 0.05) is 30.9 Å². The van der Waals surface area contributed by atoms with E-state index in [1.807, 2.05) is 14.1 Å². The summed E-state index contributed by atoms with van der Waals surface area (Å²) in [6.45, 7) is 5.88. The maximum Gasteiger partial charge on any atom is 0.148 e. The lowest BCUT2D eigenvalue weighted by atomic mass is 10.2. The summed E-state index contributed by atoms with van der Waals surface area (Å²) in [5.74, 6) is 0.649. The van der Waals surface area contributed by atoms with Crippen LogP contribution in [0.5, 0.6) is 0 Å². The zero-order valence-corrected chi connectivity index (χ0v) is 12.7. The topological polar surface area (TPSA) is 69.2 Å². The third kappa shape index (κ3) is 3.81. The molecule has 19 heavy (non-hydrogen) atoms. The fourth-order valence-electron chi connectivity index (χ4n) is 2.14. The van der Waals surface area contributed by atoms with E-state index in [1.54, 1.807) is 12.3 Å². The highest BCUT2D eigenvalue weighted by Crippen LogP contribution is 2.27. The van der Waals surface area contributed by atoms with Crippen LogP contribution in [-0.2, 0) is 0 Å². The van der Waals surface area contributed by atoms with Gasteiger partial charge in [-0.1, -0.05) is 11.6 Å². The Kier molecular flexibility index (Phi) is 5.57. The molecule has 0 amide bonds. The monoisotopic (exact) mass is 283 g/mol. The van der Waals surface area contributed by atoms with Gasteiger partial charge in [-0.2, -0.15) is 0 Å². The lowest BCUT2D eigenvalue weighted by Crippen LogP contribution is -2.40. The largest absolute Gasteiger partial charge is 0.384 e. The van der Waals surface area contributed by atoms with Gasteiger partial charge >= 0.3 is 0 Å². The second-order valence-corrected chi connectivity index (χ2v) is 5.19. The van der Waals surface area contributed by atoms with Gasteiger partial charge in [-0.3, -0.25) is 5.41 Å². The number of nitrogens with two attached hydrogens (primary N) is 1. The molecule has 1 atom stereocenters. The third-order valence-corrected chi connectivity index (χ3v) is 3.31. The molecular formula is C13H22ClN5. The number of nitrogens with zero attached hydrogens (tertiary/aromatic N) is 3. The van der Waals surface area contributed by atoms with E-state index >= 15 is 0 Å². The SMILES string of the molecule is CCN(c1nccc(C(=N)N)c1Cl)C(C)CN(C)C. The quantitative estimate of drug-likeness (QED) is 0.617. The van der Waals surface area contributed by atoms with Crippen molar-refractivity contribution in [1.29, 1.82) is 5.41 Å². The molecule has 1 rings (SSSR count). The number of hydrogen-bond donors (Lipinski definition) is 2. The van der Waals surface area contributed by atoms with E-state index in [-0.39, 0.29) is 11.9 Å². The molecule has 5 nitrogen and oxygen atoms in total. The number of likely N-dealkylation sites (N-methyl/N-ethyl adjacent to an activating group) is 2. The minimum atomic E-state index is -0.0371. The second kappa shape index (κ2) is 6.73. The van der Waals surface area contributed by atoms with Crippen molar-refractivity contribution in [3.8, 4) is 0 Å². The van der Waals surface area contributed by atoms with Crippen molar-refractivity contribution < 1.29 is 0 Å². The maximum absolute atomic E-state index is 7.53. The number of amidine groups is 1. The van der Waals surface area contributed by atoms with Crippen LogP contribution in [0.3, 0.4) is 0 Å². The van der Waals surface area contributed by atoms with Crippen LogP contribution in [0.15, 0.2) is 12.3 Å². The number of rotatable bonds is 6. The molecule has 0 saturated heterocycles. The first-order chi connectivity index (χ1) is 8.88. The zero-order chi connectivity index (χ0) is 14.6. The Morgan fingerprint density at radius 2 is 2.16 bits per heavy atom. The predicted molar refractivity (Wildman–Crippen MR) is 81.3 cm³/mol. The van der Waals surface area contributed by atoms with Crippen LogP contribution in [0.2, 0.25) is 5.02 Å². The summed E-state index contributed by atoms with van der Waals surface area (Å²) in [5, 5.41) is 7.98. The van der Waals surface area contributed by atoms with E-state index in [4.69, 9.17) is 22.7 Å². The lowest BCUT2D eigenvalue weighted by molar-refractivity contribution is 0.372. The molecule has 0 aliphatic heterocycles. The molecule has 6 heteroatoms. The molecule has 1 heterocycles. The molecule has 0 spiro atoms. The van der Waals surface area contributed by atoms with Crippen LogP contribution in [0, 0.1) is 5.41 Å². The molecule has 0 aliphatic rings. The van der Waals surface area contributed by atoms with Crippen LogP contribution >= 0.6 is 11.6 Å². The number of halogens is 1. The highest BCUT2D eigenvalue weighted by Gasteiger charge is 2.19. The molecule has 0 aliphatic carbocycles. The highest BCUT2D eigenvalue weighted by molar-refractivity contribution is 6.36. The lowest BCUT2D eigenvalue weighted by Gasteiger charge is -2.32. The first-order valence-electron chi connectivity index (χ1n) is 6.28. The van der Waals surface area contributed by atoms with E-state index in [0.29, 0.717) is 16.4 Å². The summed E-state index contributed by atoms with van der Waals surface area (Å²) < 4.78 is 0. The number of pyridine rings is 1. The fourth-order valence-corrected chi connectivity index (χ4v) is 2.46. The number of nitrogen functional groups attached to an aromatic ring is 1. The van der Waals surface area contributed by atoms with Crippen molar-refractivity contribution in [3.63, 3.8) is 0 Å². The molecule has 0 aromatic carbocycles. The van der Waals surface area contributed by atoms with E-state index in [9.17, 15) is 0 Å². The van der Waals surface area contributed by atoms with Crippen LogP contribution in [0.4, 0.5) is 5.82 Å². The smallest absolute Gasteiger partial charge is 0.148 e. The van der Waals surface area contributed by atoms with Crippen molar-refractivity contribution >= 4 is 23.3 Å². The average molecular weight is 284 g/mol. The number of anilines is 1. The first kappa shape index (κ1) is 15.7. The summed E-state index contributed by atoms with van der Waals surface area (Å²) in [6.07, 6.45) is 1.64. The van der Waals surface area contributed by atoms with E-state index < -0.39 is 0 Å². The molecule has 0 fully saturated rings. The van der Waals surface area contributed by atoms with Gasteiger partial charge < -0.3 is 15.5 Å². The first-order valence-corrected chi connectivity index (χ1v) is 6.66. The highest BCUT2D eigenvalue weighted by atomic mass is 35.5.